The molecule has 2 rings (SSSR count). The van der Waals surface area contributed by atoms with Crippen LogP contribution < -0.4 is 0 Å². The summed E-state index contributed by atoms with van der Waals surface area (Å²) in [6.07, 6.45) is 1.74. The van der Waals surface area contributed by atoms with Crippen molar-refractivity contribution in [3.63, 3.8) is 0 Å². The molecule has 1 atom stereocenters. The van der Waals surface area contributed by atoms with Gasteiger partial charge in [-0.15, -0.1) is 0 Å². The zero-order chi connectivity index (χ0) is 17.9. The molecule has 0 aromatic heterocycles. The van der Waals surface area contributed by atoms with E-state index in [0.29, 0.717) is 12.0 Å². The monoisotopic (exact) mass is 331 g/mol. The van der Waals surface area contributed by atoms with E-state index < -0.39 is 22.8 Å². The largest absolute Gasteiger partial charge is 0.411 e. The second-order valence-corrected chi connectivity index (χ2v) is 5.37. The highest BCUT2D eigenvalue weighted by molar-refractivity contribution is 6.23. The van der Waals surface area contributed by atoms with Crippen LogP contribution in [0.25, 0.3) is 0 Å². The van der Waals surface area contributed by atoms with Gasteiger partial charge in [-0.3, -0.25) is 24.6 Å². The molecule has 1 aromatic carbocycles. The SMILES string of the molecule is CC/C(=C\C(CN1C(=O)c2ccccc2C1=O)=N/O)C(C)[N+](=O)[O-]. The van der Waals surface area contributed by atoms with Gasteiger partial charge in [0.15, 0.2) is 0 Å². The molecule has 0 spiro atoms. The molecule has 126 valence electrons. The second kappa shape index (κ2) is 7.03. The standard InChI is InChI=1S/C16H17N3O5/c1-3-11(10(2)19(23)24)8-12(17-22)9-18-15(20)13-6-4-5-7-14(13)16(18)21/h4-8,10,22H,3,9H2,1-2H3/b11-8+,17-12+. The number of nitro groups is 1. The molecule has 1 N–H and O–H groups in total. The molecule has 0 fully saturated rings. The number of carbonyl (C=O) groups is 2. The van der Waals surface area contributed by atoms with E-state index in [0.717, 1.165) is 4.90 Å². The Labute approximate surface area is 138 Å². The first-order valence-electron chi connectivity index (χ1n) is 7.40. The number of oxime groups is 1. The van der Waals surface area contributed by atoms with E-state index in [1.807, 2.05) is 0 Å². The van der Waals surface area contributed by atoms with Crippen molar-refractivity contribution in [3.8, 4) is 0 Å². The minimum atomic E-state index is -0.950. The zero-order valence-electron chi connectivity index (χ0n) is 13.3. The first-order valence-corrected chi connectivity index (χ1v) is 7.40. The van der Waals surface area contributed by atoms with Crippen LogP contribution >= 0.6 is 0 Å². The summed E-state index contributed by atoms with van der Waals surface area (Å²) in [6.45, 7) is 2.91. The van der Waals surface area contributed by atoms with Gasteiger partial charge >= 0.3 is 0 Å². The molecule has 8 heteroatoms. The summed E-state index contributed by atoms with van der Waals surface area (Å²) in [6, 6.07) is 5.46. The van der Waals surface area contributed by atoms with Crippen LogP contribution in [0.3, 0.4) is 0 Å². The fraction of sp³-hybridized carbons (Fsp3) is 0.312. The molecule has 1 aliphatic rings. The third-order valence-electron chi connectivity index (χ3n) is 3.94. The van der Waals surface area contributed by atoms with E-state index in [4.69, 9.17) is 5.21 Å². The molecule has 0 radical (unpaired) electrons. The number of hydrogen-bond acceptors (Lipinski definition) is 6. The molecule has 1 unspecified atom stereocenters. The summed E-state index contributed by atoms with van der Waals surface area (Å²) in [5.41, 5.74) is 1.02. The topological polar surface area (TPSA) is 113 Å². The van der Waals surface area contributed by atoms with E-state index >= 15 is 0 Å². The smallest absolute Gasteiger partial charge is 0.261 e. The summed E-state index contributed by atoms with van der Waals surface area (Å²) >= 11 is 0. The molecule has 2 amide bonds. The van der Waals surface area contributed by atoms with Gasteiger partial charge < -0.3 is 5.21 Å². The second-order valence-electron chi connectivity index (χ2n) is 5.37. The first kappa shape index (κ1) is 17.3. The fourth-order valence-corrected chi connectivity index (χ4v) is 2.52. The summed E-state index contributed by atoms with van der Waals surface area (Å²) < 4.78 is 0. The van der Waals surface area contributed by atoms with Gasteiger partial charge in [0, 0.05) is 17.4 Å². The normalized spacial score (nSPS) is 16.3. The Bertz CT molecular complexity index is 719. The van der Waals surface area contributed by atoms with E-state index in [9.17, 15) is 19.7 Å². The molecule has 0 bridgehead atoms. The van der Waals surface area contributed by atoms with Crippen molar-refractivity contribution in [2.45, 2.75) is 26.3 Å². The van der Waals surface area contributed by atoms with Crippen LogP contribution in [0.1, 0.15) is 41.0 Å². The summed E-state index contributed by atoms with van der Waals surface area (Å²) in [4.78, 5) is 36.0. The number of benzene rings is 1. The van der Waals surface area contributed by atoms with Crippen molar-refractivity contribution in [1.82, 2.24) is 4.90 Å². The van der Waals surface area contributed by atoms with Crippen molar-refractivity contribution < 1.29 is 19.7 Å². The number of nitrogens with zero attached hydrogens (tertiary/aromatic N) is 3. The van der Waals surface area contributed by atoms with Crippen LogP contribution in [0.5, 0.6) is 0 Å². The molecule has 1 aliphatic heterocycles. The van der Waals surface area contributed by atoms with Crippen LogP contribution in [0.2, 0.25) is 0 Å². The summed E-state index contributed by atoms with van der Waals surface area (Å²) in [5, 5.41) is 23.2. The van der Waals surface area contributed by atoms with Gasteiger partial charge in [-0.2, -0.15) is 0 Å². The lowest BCUT2D eigenvalue weighted by Gasteiger charge is -2.14. The molecule has 1 heterocycles. The molecule has 1 aromatic rings. The zero-order valence-corrected chi connectivity index (χ0v) is 13.3. The van der Waals surface area contributed by atoms with Crippen molar-refractivity contribution in [2.24, 2.45) is 5.16 Å². The van der Waals surface area contributed by atoms with Gasteiger partial charge in [0.1, 0.15) is 0 Å². The summed E-state index contributed by atoms with van der Waals surface area (Å²) in [5.74, 6) is -0.962. The van der Waals surface area contributed by atoms with Crippen LogP contribution in [-0.4, -0.2) is 45.1 Å². The van der Waals surface area contributed by atoms with Crippen molar-refractivity contribution in [1.29, 1.82) is 0 Å². The third kappa shape index (κ3) is 3.17. The lowest BCUT2D eigenvalue weighted by molar-refractivity contribution is -0.507. The Morgan fingerprint density at radius 1 is 1.33 bits per heavy atom. The Morgan fingerprint density at radius 3 is 2.29 bits per heavy atom. The summed E-state index contributed by atoms with van der Waals surface area (Å²) in [7, 11) is 0. The number of hydrogen-bond donors (Lipinski definition) is 1. The van der Waals surface area contributed by atoms with E-state index in [2.05, 4.69) is 5.16 Å². The lowest BCUT2D eigenvalue weighted by atomic mass is 10.0. The maximum Gasteiger partial charge on any atom is 0.261 e. The van der Waals surface area contributed by atoms with Crippen LogP contribution in [-0.2, 0) is 0 Å². The van der Waals surface area contributed by atoms with Crippen molar-refractivity contribution >= 4 is 17.5 Å². The minimum Gasteiger partial charge on any atom is -0.411 e. The van der Waals surface area contributed by atoms with Gasteiger partial charge in [-0.1, -0.05) is 24.2 Å². The maximum atomic E-state index is 12.3. The van der Waals surface area contributed by atoms with Gasteiger partial charge in [-0.05, 0) is 24.6 Å². The highest BCUT2D eigenvalue weighted by Gasteiger charge is 2.35. The molecular formula is C16H17N3O5. The highest BCUT2D eigenvalue weighted by atomic mass is 16.6. The van der Waals surface area contributed by atoms with Crippen LogP contribution in [0, 0.1) is 10.1 Å². The minimum absolute atomic E-state index is 0.00931. The quantitative estimate of drug-likeness (QED) is 0.282. The molecule has 0 aliphatic carbocycles. The van der Waals surface area contributed by atoms with Gasteiger partial charge in [0.05, 0.1) is 23.4 Å². The number of fused-ring (bicyclic) bond motifs is 1. The Balaban J connectivity index is 2.25. The Kier molecular flexibility index (Phi) is 5.08. The molecule has 0 saturated carbocycles. The van der Waals surface area contributed by atoms with Gasteiger partial charge in [0.2, 0.25) is 6.04 Å². The van der Waals surface area contributed by atoms with E-state index in [-0.39, 0.29) is 23.4 Å². The third-order valence-corrected chi connectivity index (χ3v) is 3.94. The first-order chi connectivity index (χ1) is 11.4. The maximum absolute atomic E-state index is 12.3. The fourth-order valence-electron chi connectivity index (χ4n) is 2.52. The average Bonchev–Trinajstić information content (AvgIpc) is 2.82. The lowest BCUT2D eigenvalue weighted by Crippen LogP contribution is -2.34. The molecule has 8 nitrogen and oxygen atoms in total. The number of amides is 2. The Morgan fingerprint density at radius 2 is 1.88 bits per heavy atom. The van der Waals surface area contributed by atoms with Crippen molar-refractivity contribution in [3.05, 3.63) is 57.2 Å². The number of imide groups is 1. The molecular weight excluding hydrogens is 314 g/mol. The van der Waals surface area contributed by atoms with E-state index in [1.165, 1.54) is 13.0 Å². The van der Waals surface area contributed by atoms with Crippen LogP contribution in [0.15, 0.2) is 41.1 Å². The van der Waals surface area contributed by atoms with Gasteiger partial charge in [-0.25, -0.2) is 0 Å². The Hall–Kier alpha value is -3.03. The highest BCUT2D eigenvalue weighted by Crippen LogP contribution is 2.22. The predicted octanol–water partition coefficient (Wildman–Crippen LogP) is 2.11. The van der Waals surface area contributed by atoms with E-state index in [1.54, 1.807) is 31.2 Å². The molecule has 24 heavy (non-hydrogen) atoms. The molecule has 0 saturated heterocycles. The van der Waals surface area contributed by atoms with Gasteiger partial charge in [0.25, 0.3) is 11.8 Å². The van der Waals surface area contributed by atoms with Crippen LogP contribution in [0.4, 0.5) is 0 Å². The number of rotatable bonds is 6. The number of carbonyl (C=O) groups excluding carboxylic acids is 2. The average molecular weight is 331 g/mol. The van der Waals surface area contributed by atoms with Crippen molar-refractivity contribution in [2.75, 3.05) is 6.54 Å². The predicted molar refractivity (Wildman–Crippen MR) is 85.9 cm³/mol.